The highest BCUT2D eigenvalue weighted by atomic mass is 16.1. The lowest BCUT2D eigenvalue weighted by molar-refractivity contribution is 0.251. The van der Waals surface area contributed by atoms with Crippen molar-refractivity contribution < 1.29 is 0 Å². The van der Waals surface area contributed by atoms with Gasteiger partial charge in [-0.2, -0.15) is 0 Å². The van der Waals surface area contributed by atoms with Gasteiger partial charge in [-0.3, -0.25) is 4.79 Å². The van der Waals surface area contributed by atoms with Crippen LogP contribution in [0.2, 0.25) is 0 Å². The van der Waals surface area contributed by atoms with E-state index in [4.69, 9.17) is 0 Å². The van der Waals surface area contributed by atoms with Gasteiger partial charge in [-0.25, -0.2) is 0 Å². The first kappa shape index (κ1) is 12.4. The fraction of sp³-hybridized carbons (Fsp3) is 0.643. The molecule has 1 heterocycles. The molecule has 17 heavy (non-hydrogen) atoms. The lowest BCUT2D eigenvalue weighted by Crippen LogP contribution is -2.45. The Morgan fingerprint density at radius 2 is 2.06 bits per heavy atom. The molecule has 1 aromatic rings. The smallest absolute Gasteiger partial charge is 0.250 e. The monoisotopic (exact) mass is 234 g/mol. The largest absolute Gasteiger partial charge is 0.314 e. The van der Waals surface area contributed by atoms with Gasteiger partial charge in [0.05, 0.1) is 0 Å². The zero-order valence-corrected chi connectivity index (χ0v) is 10.6. The molecule has 1 aromatic heterocycles. The van der Waals surface area contributed by atoms with Gasteiger partial charge in [-0.1, -0.05) is 25.3 Å². The zero-order chi connectivity index (χ0) is 12.1. The van der Waals surface area contributed by atoms with Gasteiger partial charge in [0.1, 0.15) is 0 Å². The number of hydrogen-bond donors (Lipinski definition) is 1. The second-order valence-corrected chi connectivity index (χ2v) is 5.28. The highest BCUT2D eigenvalue weighted by molar-refractivity contribution is 4.93. The predicted molar refractivity (Wildman–Crippen MR) is 70.2 cm³/mol. The minimum Gasteiger partial charge on any atom is -0.314 e. The van der Waals surface area contributed by atoms with Crippen LogP contribution in [0.4, 0.5) is 0 Å². The molecule has 1 aliphatic carbocycles. The van der Waals surface area contributed by atoms with Gasteiger partial charge in [0, 0.05) is 30.9 Å². The maximum Gasteiger partial charge on any atom is 0.250 e. The second kappa shape index (κ2) is 5.50. The van der Waals surface area contributed by atoms with Crippen molar-refractivity contribution in [2.75, 3.05) is 6.54 Å². The van der Waals surface area contributed by atoms with Crippen molar-refractivity contribution in [2.45, 2.75) is 51.1 Å². The van der Waals surface area contributed by atoms with Gasteiger partial charge in [0.2, 0.25) is 0 Å². The minimum absolute atomic E-state index is 0.0862. The molecule has 0 atom stereocenters. The molecule has 2 rings (SSSR count). The van der Waals surface area contributed by atoms with Crippen molar-refractivity contribution in [2.24, 2.45) is 0 Å². The Labute approximate surface area is 103 Å². The Kier molecular flexibility index (Phi) is 4.00. The lowest BCUT2D eigenvalue weighted by Gasteiger charge is -2.34. The molecule has 0 aliphatic heterocycles. The van der Waals surface area contributed by atoms with Crippen LogP contribution in [0.1, 0.15) is 39.0 Å². The summed E-state index contributed by atoms with van der Waals surface area (Å²) >= 11 is 0. The Hall–Kier alpha value is -1.09. The summed E-state index contributed by atoms with van der Waals surface area (Å²) in [6.07, 6.45) is 8.40. The summed E-state index contributed by atoms with van der Waals surface area (Å²) in [7, 11) is 0. The summed E-state index contributed by atoms with van der Waals surface area (Å²) < 4.78 is 1.76. The van der Waals surface area contributed by atoms with Crippen LogP contribution in [0.5, 0.6) is 0 Å². The molecular formula is C14H22N2O. The van der Waals surface area contributed by atoms with Gasteiger partial charge in [-0.15, -0.1) is 0 Å². The molecule has 0 unspecified atom stereocenters. The average Bonchev–Trinajstić information content (AvgIpc) is 2.32. The number of nitrogens with one attached hydrogen (secondary N) is 1. The van der Waals surface area contributed by atoms with E-state index in [1.807, 2.05) is 12.3 Å². The molecule has 0 radical (unpaired) electrons. The summed E-state index contributed by atoms with van der Waals surface area (Å²) in [6.45, 7) is 3.94. The van der Waals surface area contributed by atoms with E-state index in [2.05, 4.69) is 12.2 Å². The van der Waals surface area contributed by atoms with Crippen molar-refractivity contribution in [1.82, 2.24) is 9.88 Å². The van der Waals surface area contributed by atoms with Crippen molar-refractivity contribution in [1.29, 1.82) is 0 Å². The summed E-state index contributed by atoms with van der Waals surface area (Å²) in [6, 6.07) is 5.31. The molecule has 1 N–H and O–H groups in total. The van der Waals surface area contributed by atoms with Crippen molar-refractivity contribution >= 4 is 0 Å². The summed E-state index contributed by atoms with van der Waals surface area (Å²) in [5, 5.41) is 3.61. The summed E-state index contributed by atoms with van der Waals surface area (Å²) in [4.78, 5) is 11.5. The summed E-state index contributed by atoms with van der Waals surface area (Å²) in [5.41, 5.74) is 0.375. The van der Waals surface area contributed by atoms with E-state index in [1.54, 1.807) is 16.7 Å². The van der Waals surface area contributed by atoms with E-state index in [1.165, 1.54) is 32.1 Å². The van der Waals surface area contributed by atoms with E-state index in [-0.39, 0.29) is 11.1 Å². The third kappa shape index (κ3) is 3.43. The normalized spacial score (nSPS) is 19.1. The fourth-order valence-electron chi connectivity index (χ4n) is 2.63. The molecular weight excluding hydrogens is 212 g/mol. The van der Waals surface area contributed by atoms with E-state index >= 15 is 0 Å². The third-order valence-corrected chi connectivity index (χ3v) is 3.76. The van der Waals surface area contributed by atoms with Crippen LogP contribution in [0.3, 0.4) is 0 Å². The van der Waals surface area contributed by atoms with Gasteiger partial charge >= 0.3 is 0 Å². The van der Waals surface area contributed by atoms with Crippen LogP contribution in [0.15, 0.2) is 29.2 Å². The molecule has 3 heteroatoms. The minimum atomic E-state index is 0.0862. The Morgan fingerprint density at radius 3 is 2.76 bits per heavy atom. The first-order valence-electron chi connectivity index (χ1n) is 6.60. The Balaban J connectivity index is 1.83. The molecule has 0 spiro atoms. The SMILES string of the molecule is CC1(NCCn2ccccc2=O)CCCCC1. The van der Waals surface area contributed by atoms with Gasteiger partial charge in [0.25, 0.3) is 5.56 Å². The van der Waals surface area contributed by atoms with Crippen LogP contribution in [0, 0.1) is 0 Å². The van der Waals surface area contributed by atoms with Crippen LogP contribution in [-0.2, 0) is 6.54 Å². The van der Waals surface area contributed by atoms with Crippen molar-refractivity contribution in [3.05, 3.63) is 34.7 Å². The van der Waals surface area contributed by atoms with Gasteiger partial charge < -0.3 is 9.88 Å². The van der Waals surface area contributed by atoms with E-state index in [9.17, 15) is 4.79 Å². The highest BCUT2D eigenvalue weighted by Gasteiger charge is 2.25. The first-order valence-corrected chi connectivity index (χ1v) is 6.60. The Bertz CT molecular complexity index is 405. The second-order valence-electron chi connectivity index (χ2n) is 5.28. The fourth-order valence-corrected chi connectivity index (χ4v) is 2.63. The van der Waals surface area contributed by atoms with Crippen LogP contribution >= 0.6 is 0 Å². The van der Waals surface area contributed by atoms with Crippen LogP contribution in [0.25, 0.3) is 0 Å². The average molecular weight is 234 g/mol. The quantitative estimate of drug-likeness (QED) is 0.866. The third-order valence-electron chi connectivity index (χ3n) is 3.76. The molecule has 0 bridgehead atoms. The number of pyridine rings is 1. The van der Waals surface area contributed by atoms with Crippen LogP contribution < -0.4 is 10.9 Å². The maximum absolute atomic E-state index is 11.5. The summed E-state index contributed by atoms with van der Waals surface area (Å²) in [5.74, 6) is 0. The molecule has 94 valence electrons. The van der Waals surface area contributed by atoms with E-state index < -0.39 is 0 Å². The number of nitrogens with zero attached hydrogens (tertiary/aromatic N) is 1. The topological polar surface area (TPSA) is 34.0 Å². The van der Waals surface area contributed by atoms with Gasteiger partial charge in [-0.05, 0) is 25.8 Å². The van der Waals surface area contributed by atoms with E-state index in [0.29, 0.717) is 0 Å². The molecule has 0 aromatic carbocycles. The van der Waals surface area contributed by atoms with Crippen LogP contribution in [-0.4, -0.2) is 16.7 Å². The number of aromatic nitrogens is 1. The van der Waals surface area contributed by atoms with Gasteiger partial charge in [0.15, 0.2) is 0 Å². The standard InChI is InChI=1S/C14H22N2O/c1-14(8-4-2-5-9-14)15-10-12-16-11-6-3-7-13(16)17/h3,6-7,11,15H,2,4-5,8-10,12H2,1H3. The lowest BCUT2D eigenvalue weighted by atomic mass is 9.83. The molecule has 0 saturated heterocycles. The number of rotatable bonds is 4. The molecule has 3 nitrogen and oxygen atoms in total. The number of hydrogen-bond acceptors (Lipinski definition) is 2. The van der Waals surface area contributed by atoms with E-state index in [0.717, 1.165) is 13.1 Å². The molecule has 0 amide bonds. The molecule has 1 aliphatic rings. The maximum atomic E-state index is 11.5. The predicted octanol–water partition coefficient (Wildman–Crippen LogP) is 2.16. The zero-order valence-electron chi connectivity index (χ0n) is 10.6. The highest BCUT2D eigenvalue weighted by Crippen LogP contribution is 2.27. The molecule has 1 fully saturated rings. The Morgan fingerprint density at radius 1 is 1.29 bits per heavy atom. The first-order chi connectivity index (χ1) is 8.20. The van der Waals surface area contributed by atoms with Crippen molar-refractivity contribution in [3.8, 4) is 0 Å². The molecule has 1 saturated carbocycles. The van der Waals surface area contributed by atoms with Crippen molar-refractivity contribution in [3.63, 3.8) is 0 Å².